The summed E-state index contributed by atoms with van der Waals surface area (Å²) >= 11 is 7.85. The van der Waals surface area contributed by atoms with Gasteiger partial charge in [-0.3, -0.25) is 0 Å². The Balaban J connectivity index is 3.13. The quantitative estimate of drug-likeness (QED) is 0.685. The Bertz CT molecular complexity index is 263. The predicted octanol–water partition coefficient (Wildman–Crippen LogP) is 2.29. The van der Waals surface area contributed by atoms with Crippen molar-refractivity contribution in [1.82, 2.24) is 14.8 Å². The van der Waals surface area contributed by atoms with Crippen LogP contribution in [0.1, 0.15) is 20.8 Å². The average molecular weight is 286 g/mol. The van der Waals surface area contributed by atoms with Crippen LogP contribution in [-0.2, 0) is 5.54 Å². The smallest absolute Gasteiger partial charge is 0.222 e. The van der Waals surface area contributed by atoms with E-state index in [-0.39, 0.29) is 5.54 Å². The van der Waals surface area contributed by atoms with Crippen LogP contribution in [0.15, 0.2) is 0 Å². The standard InChI is InChI=1S/C6H9ClIN3/c1-6(2,3)11-4(7)9-5(8)10-11/h1-3H3. The predicted molar refractivity (Wildman–Crippen MR) is 52.7 cm³/mol. The van der Waals surface area contributed by atoms with Gasteiger partial charge >= 0.3 is 0 Å². The van der Waals surface area contributed by atoms with Crippen LogP contribution in [0.3, 0.4) is 0 Å². The van der Waals surface area contributed by atoms with E-state index in [1.165, 1.54) is 0 Å². The van der Waals surface area contributed by atoms with E-state index in [9.17, 15) is 0 Å². The van der Waals surface area contributed by atoms with E-state index in [0.29, 0.717) is 9.11 Å². The molecule has 0 aliphatic rings. The average Bonchev–Trinajstić information content (AvgIpc) is 2.08. The molecular formula is C6H9ClIN3. The molecule has 0 aromatic carbocycles. The van der Waals surface area contributed by atoms with Crippen LogP contribution in [0.5, 0.6) is 0 Å². The van der Waals surface area contributed by atoms with Crippen molar-refractivity contribution in [3.8, 4) is 0 Å². The van der Waals surface area contributed by atoms with Crippen molar-refractivity contribution >= 4 is 34.2 Å². The Morgan fingerprint density at radius 2 is 2.00 bits per heavy atom. The van der Waals surface area contributed by atoms with Gasteiger partial charge in [-0.15, -0.1) is 5.10 Å². The van der Waals surface area contributed by atoms with Gasteiger partial charge in [0.1, 0.15) is 0 Å². The highest BCUT2D eigenvalue weighted by molar-refractivity contribution is 14.1. The second-order valence-corrected chi connectivity index (χ2v) is 4.54. The summed E-state index contributed by atoms with van der Waals surface area (Å²) in [7, 11) is 0. The number of hydrogen-bond donors (Lipinski definition) is 0. The summed E-state index contributed by atoms with van der Waals surface area (Å²) in [6.07, 6.45) is 0. The van der Waals surface area contributed by atoms with Crippen LogP contribution in [0.2, 0.25) is 5.28 Å². The fraction of sp³-hybridized carbons (Fsp3) is 0.667. The van der Waals surface area contributed by atoms with Gasteiger partial charge in [0.05, 0.1) is 5.54 Å². The Hall–Kier alpha value is 0.160. The minimum absolute atomic E-state index is 0.0898. The molecule has 1 aromatic rings. The Morgan fingerprint density at radius 1 is 1.45 bits per heavy atom. The van der Waals surface area contributed by atoms with Crippen molar-refractivity contribution in [2.75, 3.05) is 0 Å². The molecule has 62 valence electrons. The molecule has 0 amide bonds. The van der Waals surface area contributed by atoms with Crippen LogP contribution in [-0.4, -0.2) is 14.8 Å². The van der Waals surface area contributed by atoms with Crippen LogP contribution in [0, 0.1) is 3.83 Å². The van der Waals surface area contributed by atoms with E-state index in [2.05, 4.69) is 10.1 Å². The van der Waals surface area contributed by atoms with Crippen molar-refractivity contribution in [2.24, 2.45) is 0 Å². The molecule has 11 heavy (non-hydrogen) atoms. The van der Waals surface area contributed by atoms with Crippen LogP contribution >= 0.6 is 34.2 Å². The van der Waals surface area contributed by atoms with E-state index in [4.69, 9.17) is 11.6 Å². The molecule has 0 saturated heterocycles. The molecule has 1 aromatic heterocycles. The van der Waals surface area contributed by atoms with Crippen LogP contribution in [0.4, 0.5) is 0 Å². The van der Waals surface area contributed by atoms with Gasteiger partial charge in [0.2, 0.25) is 9.11 Å². The zero-order valence-corrected chi connectivity index (χ0v) is 9.51. The topological polar surface area (TPSA) is 30.7 Å². The molecule has 5 heteroatoms. The van der Waals surface area contributed by atoms with E-state index in [1.54, 1.807) is 4.68 Å². The molecule has 0 atom stereocenters. The zero-order valence-electron chi connectivity index (χ0n) is 6.60. The maximum Gasteiger partial charge on any atom is 0.222 e. The molecule has 0 aliphatic carbocycles. The van der Waals surface area contributed by atoms with Crippen molar-refractivity contribution in [1.29, 1.82) is 0 Å². The minimum Gasteiger partial charge on any atom is -0.230 e. The lowest BCUT2D eigenvalue weighted by atomic mass is 10.1. The van der Waals surface area contributed by atoms with Crippen molar-refractivity contribution in [3.63, 3.8) is 0 Å². The van der Waals surface area contributed by atoms with Gasteiger partial charge < -0.3 is 0 Å². The fourth-order valence-corrected chi connectivity index (χ4v) is 1.65. The summed E-state index contributed by atoms with van der Waals surface area (Å²) in [6, 6.07) is 0. The largest absolute Gasteiger partial charge is 0.230 e. The van der Waals surface area contributed by atoms with Gasteiger partial charge in [0.25, 0.3) is 0 Å². The highest BCUT2D eigenvalue weighted by atomic mass is 127. The molecule has 0 unspecified atom stereocenters. The molecule has 0 fully saturated rings. The van der Waals surface area contributed by atoms with Gasteiger partial charge in [-0.25, -0.2) is 4.68 Å². The van der Waals surface area contributed by atoms with Gasteiger partial charge in [-0.05, 0) is 32.4 Å². The molecule has 0 saturated carbocycles. The Kier molecular flexibility index (Phi) is 2.43. The second-order valence-electron chi connectivity index (χ2n) is 3.23. The van der Waals surface area contributed by atoms with E-state index < -0.39 is 0 Å². The first-order valence-electron chi connectivity index (χ1n) is 3.20. The number of halogens is 2. The monoisotopic (exact) mass is 285 g/mol. The van der Waals surface area contributed by atoms with Gasteiger partial charge in [0.15, 0.2) is 0 Å². The number of rotatable bonds is 0. The highest BCUT2D eigenvalue weighted by Gasteiger charge is 2.18. The van der Waals surface area contributed by atoms with Crippen LogP contribution < -0.4 is 0 Å². The maximum absolute atomic E-state index is 5.81. The lowest BCUT2D eigenvalue weighted by Crippen LogP contribution is -2.23. The lowest BCUT2D eigenvalue weighted by Gasteiger charge is -2.18. The summed E-state index contributed by atoms with van der Waals surface area (Å²) in [5.74, 6) is 0. The van der Waals surface area contributed by atoms with E-state index in [1.807, 2.05) is 43.4 Å². The molecule has 0 aliphatic heterocycles. The van der Waals surface area contributed by atoms with Crippen LogP contribution in [0.25, 0.3) is 0 Å². The molecule has 0 N–H and O–H groups in total. The molecular weight excluding hydrogens is 276 g/mol. The van der Waals surface area contributed by atoms with E-state index >= 15 is 0 Å². The first-order chi connectivity index (χ1) is 4.91. The summed E-state index contributed by atoms with van der Waals surface area (Å²) in [5.41, 5.74) is -0.0898. The van der Waals surface area contributed by atoms with Gasteiger partial charge in [-0.1, -0.05) is 0 Å². The molecule has 0 bridgehead atoms. The molecule has 0 spiro atoms. The number of aromatic nitrogens is 3. The molecule has 3 nitrogen and oxygen atoms in total. The minimum atomic E-state index is -0.0898. The third-order valence-electron chi connectivity index (χ3n) is 1.18. The van der Waals surface area contributed by atoms with Gasteiger partial charge in [-0.2, -0.15) is 4.98 Å². The molecule has 1 heterocycles. The van der Waals surface area contributed by atoms with Crippen molar-refractivity contribution in [2.45, 2.75) is 26.3 Å². The summed E-state index contributed by atoms with van der Waals surface area (Å²) in [6.45, 7) is 6.09. The van der Waals surface area contributed by atoms with Gasteiger partial charge in [0, 0.05) is 22.6 Å². The lowest BCUT2D eigenvalue weighted by molar-refractivity contribution is 0.354. The third kappa shape index (κ3) is 2.05. The third-order valence-corrected chi connectivity index (χ3v) is 1.88. The number of hydrogen-bond acceptors (Lipinski definition) is 2. The summed E-state index contributed by atoms with van der Waals surface area (Å²) in [4.78, 5) is 3.98. The molecule has 1 rings (SSSR count). The summed E-state index contributed by atoms with van der Waals surface area (Å²) < 4.78 is 2.39. The summed E-state index contributed by atoms with van der Waals surface area (Å²) in [5, 5.41) is 4.59. The maximum atomic E-state index is 5.81. The normalized spacial score (nSPS) is 12.1. The first-order valence-corrected chi connectivity index (χ1v) is 4.65. The Labute approximate surface area is 84.3 Å². The van der Waals surface area contributed by atoms with Crippen molar-refractivity contribution in [3.05, 3.63) is 9.11 Å². The zero-order chi connectivity index (χ0) is 8.65. The van der Waals surface area contributed by atoms with E-state index in [0.717, 1.165) is 0 Å². The fourth-order valence-electron chi connectivity index (χ4n) is 0.696. The SMILES string of the molecule is CC(C)(C)n1nc(I)nc1Cl. The Morgan fingerprint density at radius 3 is 2.18 bits per heavy atom. The second kappa shape index (κ2) is 2.90. The highest BCUT2D eigenvalue weighted by Crippen LogP contribution is 2.18. The number of nitrogens with zero attached hydrogens (tertiary/aromatic N) is 3. The van der Waals surface area contributed by atoms with Crippen molar-refractivity contribution < 1.29 is 0 Å². The first kappa shape index (κ1) is 9.25. The molecule has 0 radical (unpaired) electrons.